The fourth-order valence-corrected chi connectivity index (χ4v) is 4.30. The van der Waals surface area contributed by atoms with Gasteiger partial charge in [0.15, 0.2) is 0 Å². The van der Waals surface area contributed by atoms with Crippen LogP contribution in [0.25, 0.3) is 0 Å². The van der Waals surface area contributed by atoms with Gasteiger partial charge >= 0.3 is 0 Å². The first-order chi connectivity index (χ1) is 9.69. The second-order valence-electron chi connectivity index (χ2n) is 6.79. The maximum absolute atomic E-state index is 3.76. The van der Waals surface area contributed by atoms with Gasteiger partial charge in [0.05, 0.1) is 0 Å². The third kappa shape index (κ3) is 3.75. The van der Waals surface area contributed by atoms with Gasteiger partial charge < -0.3 is 5.32 Å². The third-order valence-electron chi connectivity index (χ3n) is 5.64. The van der Waals surface area contributed by atoms with Crippen LogP contribution in [-0.4, -0.2) is 60.6 Å². The summed E-state index contributed by atoms with van der Waals surface area (Å²) < 4.78 is 0. The first-order valence-electron chi connectivity index (χ1n) is 8.91. The van der Waals surface area contributed by atoms with E-state index in [1.54, 1.807) is 0 Å². The molecule has 0 radical (unpaired) electrons. The van der Waals surface area contributed by atoms with E-state index in [1.807, 2.05) is 0 Å². The van der Waals surface area contributed by atoms with Gasteiger partial charge in [-0.05, 0) is 45.2 Å². The van der Waals surface area contributed by atoms with E-state index in [0.717, 1.165) is 30.6 Å². The molecule has 0 amide bonds. The highest BCUT2D eigenvalue weighted by Gasteiger charge is 2.36. The molecule has 2 fully saturated rings. The summed E-state index contributed by atoms with van der Waals surface area (Å²) in [6.45, 7) is 15.4. The monoisotopic (exact) mass is 281 g/mol. The molecule has 0 aromatic carbocycles. The Balaban J connectivity index is 1.99. The van der Waals surface area contributed by atoms with Crippen LogP contribution in [-0.2, 0) is 0 Å². The predicted octanol–water partition coefficient (Wildman–Crippen LogP) is 2.57. The molecule has 1 N–H and O–H groups in total. The van der Waals surface area contributed by atoms with Crippen molar-refractivity contribution in [2.24, 2.45) is 5.92 Å². The quantitative estimate of drug-likeness (QED) is 0.835. The van der Waals surface area contributed by atoms with Gasteiger partial charge in [0.25, 0.3) is 0 Å². The van der Waals surface area contributed by atoms with Crippen molar-refractivity contribution in [3.05, 3.63) is 0 Å². The highest BCUT2D eigenvalue weighted by molar-refractivity contribution is 4.93. The molecule has 0 aromatic rings. The van der Waals surface area contributed by atoms with E-state index in [0.29, 0.717) is 0 Å². The van der Waals surface area contributed by atoms with Crippen LogP contribution in [0.3, 0.4) is 0 Å². The topological polar surface area (TPSA) is 18.5 Å². The lowest BCUT2D eigenvalue weighted by molar-refractivity contribution is 0.0229. The minimum absolute atomic E-state index is 0.720. The van der Waals surface area contributed by atoms with Crippen molar-refractivity contribution in [1.29, 1.82) is 0 Å². The minimum Gasteiger partial charge on any atom is -0.313 e. The Morgan fingerprint density at radius 2 is 1.90 bits per heavy atom. The molecule has 2 aliphatic rings. The molecule has 3 nitrogen and oxygen atoms in total. The lowest BCUT2D eigenvalue weighted by atomic mass is 9.80. The van der Waals surface area contributed by atoms with Crippen LogP contribution in [0, 0.1) is 5.92 Å². The molecule has 3 heteroatoms. The molecule has 1 aliphatic heterocycles. The molecule has 118 valence electrons. The average molecular weight is 281 g/mol. The van der Waals surface area contributed by atoms with Crippen molar-refractivity contribution >= 4 is 0 Å². The zero-order valence-electron chi connectivity index (χ0n) is 14.1. The summed E-state index contributed by atoms with van der Waals surface area (Å²) in [5.74, 6) is 0.953. The summed E-state index contributed by atoms with van der Waals surface area (Å²) in [6.07, 6.45) is 5.57. The summed E-state index contributed by atoms with van der Waals surface area (Å²) in [5, 5.41) is 3.76. The van der Waals surface area contributed by atoms with Crippen LogP contribution < -0.4 is 5.32 Å². The summed E-state index contributed by atoms with van der Waals surface area (Å²) in [5.41, 5.74) is 0. The van der Waals surface area contributed by atoms with Crippen molar-refractivity contribution in [2.45, 2.75) is 71.5 Å². The fraction of sp³-hybridized carbons (Fsp3) is 1.00. The molecule has 4 atom stereocenters. The molecule has 4 unspecified atom stereocenters. The molecule has 2 rings (SSSR count). The molecule has 1 aliphatic carbocycles. The van der Waals surface area contributed by atoms with Gasteiger partial charge in [-0.25, -0.2) is 0 Å². The number of rotatable bonds is 5. The normalized spacial score (nSPS) is 37.2. The van der Waals surface area contributed by atoms with E-state index in [4.69, 9.17) is 0 Å². The molecule has 0 aromatic heterocycles. The summed E-state index contributed by atoms with van der Waals surface area (Å²) in [7, 11) is 0. The average Bonchev–Trinajstić information content (AvgIpc) is 2.48. The van der Waals surface area contributed by atoms with Crippen molar-refractivity contribution in [3.63, 3.8) is 0 Å². The van der Waals surface area contributed by atoms with E-state index >= 15 is 0 Å². The molecular formula is C17H35N3. The van der Waals surface area contributed by atoms with Crippen LogP contribution >= 0.6 is 0 Å². The van der Waals surface area contributed by atoms with Gasteiger partial charge in [-0.15, -0.1) is 0 Å². The van der Waals surface area contributed by atoms with Gasteiger partial charge in [-0.2, -0.15) is 0 Å². The number of hydrogen-bond acceptors (Lipinski definition) is 3. The van der Waals surface area contributed by atoms with Crippen molar-refractivity contribution in [3.8, 4) is 0 Å². The van der Waals surface area contributed by atoms with Crippen LogP contribution in [0.15, 0.2) is 0 Å². The van der Waals surface area contributed by atoms with Crippen LogP contribution in [0.1, 0.15) is 53.4 Å². The van der Waals surface area contributed by atoms with Crippen LogP contribution in [0.2, 0.25) is 0 Å². The highest BCUT2D eigenvalue weighted by Crippen LogP contribution is 2.31. The number of hydrogen-bond donors (Lipinski definition) is 1. The third-order valence-corrected chi connectivity index (χ3v) is 5.64. The van der Waals surface area contributed by atoms with Crippen molar-refractivity contribution in [2.75, 3.05) is 32.7 Å². The molecular weight excluding hydrogens is 246 g/mol. The smallest absolute Gasteiger partial charge is 0.0253 e. The first-order valence-corrected chi connectivity index (χ1v) is 8.91. The van der Waals surface area contributed by atoms with Crippen LogP contribution in [0.5, 0.6) is 0 Å². The first kappa shape index (κ1) is 16.3. The van der Waals surface area contributed by atoms with E-state index in [9.17, 15) is 0 Å². The predicted molar refractivity (Wildman–Crippen MR) is 87.2 cm³/mol. The van der Waals surface area contributed by atoms with E-state index in [-0.39, 0.29) is 0 Å². The second-order valence-corrected chi connectivity index (χ2v) is 6.79. The number of piperazine rings is 1. The Hall–Kier alpha value is -0.120. The molecule has 0 bridgehead atoms. The summed E-state index contributed by atoms with van der Waals surface area (Å²) in [4.78, 5) is 5.42. The molecule has 1 saturated carbocycles. The molecule has 20 heavy (non-hydrogen) atoms. The summed E-state index contributed by atoms with van der Waals surface area (Å²) >= 11 is 0. The van der Waals surface area contributed by atoms with Crippen molar-refractivity contribution < 1.29 is 0 Å². The van der Waals surface area contributed by atoms with Gasteiger partial charge in [0.2, 0.25) is 0 Å². The van der Waals surface area contributed by atoms with Gasteiger partial charge in [0, 0.05) is 37.8 Å². The number of likely N-dealkylation sites (N-methyl/N-ethyl adjacent to an activating group) is 2. The lowest BCUT2D eigenvalue weighted by Gasteiger charge is -2.48. The van der Waals surface area contributed by atoms with Gasteiger partial charge in [-0.3, -0.25) is 9.80 Å². The van der Waals surface area contributed by atoms with Crippen LogP contribution in [0.4, 0.5) is 0 Å². The Bertz CT molecular complexity index is 281. The zero-order valence-corrected chi connectivity index (χ0v) is 14.1. The Morgan fingerprint density at radius 1 is 1.10 bits per heavy atom. The highest BCUT2D eigenvalue weighted by atomic mass is 15.3. The Labute approximate surface area is 126 Å². The molecule has 1 saturated heterocycles. The zero-order chi connectivity index (χ0) is 14.5. The SMILES string of the molecule is CCNC1CCC(CC)CC1N1CCN(CC)C(C)C1. The van der Waals surface area contributed by atoms with Gasteiger partial charge in [0.1, 0.15) is 0 Å². The van der Waals surface area contributed by atoms with E-state index in [1.165, 1.54) is 51.9 Å². The standard InChI is InChI=1S/C17H35N3/c1-5-15-8-9-16(18-6-2)17(12-15)20-11-10-19(7-3)14(4)13-20/h14-18H,5-13H2,1-4H3. The van der Waals surface area contributed by atoms with Gasteiger partial charge in [-0.1, -0.05) is 27.2 Å². The summed E-state index contributed by atoms with van der Waals surface area (Å²) in [6, 6.07) is 2.22. The molecule has 0 spiro atoms. The van der Waals surface area contributed by atoms with E-state index in [2.05, 4.69) is 42.8 Å². The molecule has 1 heterocycles. The number of nitrogens with zero attached hydrogens (tertiary/aromatic N) is 2. The fourth-order valence-electron chi connectivity index (χ4n) is 4.30. The number of nitrogens with one attached hydrogen (secondary N) is 1. The van der Waals surface area contributed by atoms with Crippen molar-refractivity contribution in [1.82, 2.24) is 15.1 Å². The maximum atomic E-state index is 3.76. The Kier molecular flexibility index (Phi) is 6.31. The second kappa shape index (κ2) is 7.77. The minimum atomic E-state index is 0.720. The van der Waals surface area contributed by atoms with E-state index < -0.39 is 0 Å². The largest absolute Gasteiger partial charge is 0.313 e. The lowest BCUT2D eigenvalue weighted by Crippen LogP contribution is -2.60. The maximum Gasteiger partial charge on any atom is 0.0253 e. The Morgan fingerprint density at radius 3 is 2.50 bits per heavy atom.